The summed E-state index contributed by atoms with van der Waals surface area (Å²) in [7, 11) is 0. The monoisotopic (exact) mass is 388 g/mol. The number of carbonyl (C=O) groups is 3. The summed E-state index contributed by atoms with van der Waals surface area (Å²) in [4.78, 5) is 39.3. The molecular formula is C13H14BrFN4O4. The Morgan fingerprint density at radius 1 is 1.39 bits per heavy atom. The summed E-state index contributed by atoms with van der Waals surface area (Å²) >= 11 is 3.17. The van der Waals surface area contributed by atoms with Crippen LogP contribution in [-0.4, -0.2) is 51.7 Å². The van der Waals surface area contributed by atoms with Gasteiger partial charge in [0.15, 0.2) is 0 Å². The fraction of sp³-hybridized carbons (Fsp3) is 0.385. The lowest BCUT2D eigenvalue weighted by Gasteiger charge is -2.34. The van der Waals surface area contributed by atoms with Crippen LogP contribution in [0.15, 0.2) is 22.8 Å². The van der Waals surface area contributed by atoms with E-state index in [4.69, 9.17) is 5.11 Å². The summed E-state index contributed by atoms with van der Waals surface area (Å²) in [6.45, 7) is -0.401. The van der Waals surface area contributed by atoms with Crippen LogP contribution in [-0.2, 0) is 4.79 Å². The van der Waals surface area contributed by atoms with Gasteiger partial charge in [-0.25, -0.2) is 9.18 Å². The quantitative estimate of drug-likeness (QED) is 0.656. The number of hydrogen-bond donors (Lipinski definition) is 3. The number of piperidine rings is 1. The van der Waals surface area contributed by atoms with Crippen LogP contribution in [0.2, 0.25) is 0 Å². The second-order valence-corrected chi connectivity index (χ2v) is 5.96. The van der Waals surface area contributed by atoms with Crippen molar-refractivity contribution in [3.8, 4) is 0 Å². The Bertz CT molecular complexity index is 644. The van der Waals surface area contributed by atoms with Gasteiger partial charge in [-0.05, 0) is 25.0 Å². The normalized spacial score (nSPS) is 20.7. The average Bonchev–Trinajstić information content (AvgIpc) is 2.52. The number of carbonyl (C=O) groups excluding carboxylic acids is 2. The Balaban J connectivity index is 1.96. The van der Waals surface area contributed by atoms with Crippen molar-refractivity contribution in [2.45, 2.75) is 18.5 Å². The van der Waals surface area contributed by atoms with E-state index >= 15 is 0 Å². The van der Waals surface area contributed by atoms with Crippen molar-refractivity contribution in [1.29, 1.82) is 0 Å². The maximum absolute atomic E-state index is 14.6. The van der Waals surface area contributed by atoms with Gasteiger partial charge in [0.25, 0.3) is 11.8 Å². The number of carboxylic acid groups (broad SMARTS) is 1. The van der Waals surface area contributed by atoms with Crippen molar-refractivity contribution in [3.05, 3.63) is 28.5 Å². The van der Waals surface area contributed by atoms with Crippen molar-refractivity contribution >= 4 is 33.8 Å². The Morgan fingerprint density at radius 3 is 2.78 bits per heavy atom. The molecule has 0 aliphatic carbocycles. The fourth-order valence-electron chi connectivity index (χ4n) is 2.18. The molecule has 124 valence electrons. The maximum Gasteiger partial charge on any atom is 0.407 e. The molecule has 1 aromatic heterocycles. The van der Waals surface area contributed by atoms with Crippen molar-refractivity contribution in [2.75, 3.05) is 13.1 Å². The lowest BCUT2D eigenvalue weighted by Crippen LogP contribution is -2.58. The van der Waals surface area contributed by atoms with Gasteiger partial charge in [-0.15, -0.1) is 0 Å². The number of amides is 3. The number of nitrogens with zero attached hydrogens (tertiary/aromatic N) is 2. The molecular weight excluding hydrogens is 375 g/mol. The van der Waals surface area contributed by atoms with Gasteiger partial charge in [-0.1, -0.05) is 15.9 Å². The van der Waals surface area contributed by atoms with E-state index in [1.165, 1.54) is 12.3 Å². The zero-order valence-corrected chi connectivity index (χ0v) is 13.5. The Labute approximate surface area is 139 Å². The average molecular weight is 389 g/mol. The third-order valence-corrected chi connectivity index (χ3v) is 3.86. The SMILES string of the molecule is O=C(NNC(=O)[C@@]1(F)CCCN(C(=O)O)C1)c1cc(Br)ccn1. The van der Waals surface area contributed by atoms with Crippen molar-refractivity contribution < 1.29 is 23.9 Å². The standard InChI is InChI=1S/C13H14BrFN4O4/c14-8-2-4-16-9(6-8)10(20)17-18-11(21)13(15)3-1-5-19(7-13)12(22)23/h2,4,6H,1,3,5,7H2,(H,17,20)(H,18,21)(H,22,23)/t13-/m1/s1. The summed E-state index contributed by atoms with van der Waals surface area (Å²) < 4.78 is 15.2. The summed E-state index contributed by atoms with van der Waals surface area (Å²) in [6, 6.07) is 3.05. The molecule has 3 amide bonds. The molecule has 0 unspecified atom stereocenters. The predicted octanol–water partition coefficient (Wildman–Crippen LogP) is 1.09. The largest absolute Gasteiger partial charge is 0.465 e. The number of alkyl halides is 1. The number of halogens is 2. The number of aromatic nitrogens is 1. The molecule has 0 aromatic carbocycles. The van der Waals surface area contributed by atoms with E-state index in [-0.39, 0.29) is 25.1 Å². The summed E-state index contributed by atoms with van der Waals surface area (Å²) in [5, 5.41) is 8.89. The van der Waals surface area contributed by atoms with E-state index in [1.807, 2.05) is 5.43 Å². The summed E-state index contributed by atoms with van der Waals surface area (Å²) in [5.41, 5.74) is 1.70. The molecule has 3 N–H and O–H groups in total. The number of hydrogen-bond acceptors (Lipinski definition) is 4. The molecule has 1 fully saturated rings. The van der Waals surface area contributed by atoms with Gasteiger partial charge < -0.3 is 10.0 Å². The molecule has 1 aromatic rings. The maximum atomic E-state index is 14.6. The van der Waals surface area contributed by atoms with Gasteiger partial charge in [0.2, 0.25) is 5.67 Å². The molecule has 2 heterocycles. The molecule has 0 radical (unpaired) electrons. The number of hydrazine groups is 1. The van der Waals surface area contributed by atoms with E-state index in [0.29, 0.717) is 4.47 Å². The molecule has 0 saturated carbocycles. The molecule has 1 aliphatic rings. The van der Waals surface area contributed by atoms with Gasteiger partial charge in [0, 0.05) is 17.2 Å². The minimum Gasteiger partial charge on any atom is -0.465 e. The Morgan fingerprint density at radius 2 is 2.13 bits per heavy atom. The Kier molecular flexibility index (Phi) is 5.14. The van der Waals surface area contributed by atoms with Crippen LogP contribution < -0.4 is 10.9 Å². The highest BCUT2D eigenvalue weighted by atomic mass is 79.9. The topological polar surface area (TPSA) is 112 Å². The Hall–Kier alpha value is -2.23. The van der Waals surface area contributed by atoms with Gasteiger partial charge in [-0.2, -0.15) is 0 Å². The molecule has 10 heteroatoms. The molecule has 1 atom stereocenters. The molecule has 1 saturated heterocycles. The van der Waals surface area contributed by atoms with Crippen LogP contribution in [0.3, 0.4) is 0 Å². The van der Waals surface area contributed by atoms with Crippen LogP contribution in [0.1, 0.15) is 23.3 Å². The third kappa shape index (κ3) is 4.15. The number of nitrogens with one attached hydrogen (secondary N) is 2. The van der Waals surface area contributed by atoms with Crippen LogP contribution in [0.5, 0.6) is 0 Å². The predicted molar refractivity (Wildman–Crippen MR) is 80.2 cm³/mol. The third-order valence-electron chi connectivity index (χ3n) is 3.36. The van der Waals surface area contributed by atoms with Crippen LogP contribution in [0.4, 0.5) is 9.18 Å². The zero-order chi connectivity index (χ0) is 17.0. The van der Waals surface area contributed by atoms with Crippen LogP contribution in [0, 0.1) is 0 Å². The first-order chi connectivity index (χ1) is 10.8. The van der Waals surface area contributed by atoms with E-state index in [9.17, 15) is 18.8 Å². The highest BCUT2D eigenvalue weighted by molar-refractivity contribution is 9.10. The lowest BCUT2D eigenvalue weighted by atomic mass is 9.94. The van der Waals surface area contributed by atoms with E-state index in [2.05, 4.69) is 26.3 Å². The van der Waals surface area contributed by atoms with E-state index in [0.717, 1.165) is 4.90 Å². The summed E-state index contributed by atoms with van der Waals surface area (Å²) in [5.74, 6) is -1.80. The van der Waals surface area contributed by atoms with Gasteiger partial charge >= 0.3 is 6.09 Å². The van der Waals surface area contributed by atoms with E-state index in [1.54, 1.807) is 6.07 Å². The minimum atomic E-state index is -2.38. The molecule has 0 spiro atoms. The molecule has 8 nitrogen and oxygen atoms in total. The first-order valence-corrected chi connectivity index (χ1v) is 7.50. The first kappa shape index (κ1) is 17.1. The molecule has 2 rings (SSSR count). The van der Waals surface area contributed by atoms with E-state index < -0.39 is 30.1 Å². The van der Waals surface area contributed by atoms with Crippen molar-refractivity contribution in [1.82, 2.24) is 20.7 Å². The highest BCUT2D eigenvalue weighted by Crippen LogP contribution is 2.25. The van der Waals surface area contributed by atoms with Crippen LogP contribution >= 0.6 is 15.9 Å². The number of pyridine rings is 1. The number of rotatable bonds is 2. The second kappa shape index (κ2) is 6.90. The smallest absolute Gasteiger partial charge is 0.407 e. The second-order valence-electron chi connectivity index (χ2n) is 5.04. The van der Waals surface area contributed by atoms with Crippen molar-refractivity contribution in [2.24, 2.45) is 0 Å². The highest BCUT2D eigenvalue weighted by Gasteiger charge is 2.44. The minimum absolute atomic E-state index is 0.0309. The zero-order valence-electron chi connectivity index (χ0n) is 11.9. The fourth-order valence-corrected chi connectivity index (χ4v) is 2.51. The lowest BCUT2D eigenvalue weighted by molar-refractivity contribution is -0.136. The number of likely N-dealkylation sites (tertiary alicyclic amines) is 1. The van der Waals surface area contributed by atoms with Crippen LogP contribution in [0.25, 0.3) is 0 Å². The van der Waals surface area contributed by atoms with Crippen molar-refractivity contribution in [3.63, 3.8) is 0 Å². The van der Waals surface area contributed by atoms with Gasteiger partial charge in [0.05, 0.1) is 6.54 Å². The molecule has 23 heavy (non-hydrogen) atoms. The molecule has 0 bridgehead atoms. The first-order valence-electron chi connectivity index (χ1n) is 6.71. The molecule has 1 aliphatic heterocycles. The van der Waals surface area contributed by atoms with Gasteiger partial charge in [0.1, 0.15) is 5.69 Å². The van der Waals surface area contributed by atoms with Gasteiger partial charge in [-0.3, -0.25) is 25.4 Å². The summed E-state index contributed by atoms with van der Waals surface area (Å²) in [6.07, 6.45) is 0.204.